The maximum atomic E-state index is 14.0. The van der Waals surface area contributed by atoms with Crippen molar-refractivity contribution < 1.29 is 13.9 Å². The molecule has 2 N–H and O–H groups in total. The Balaban J connectivity index is 1.86. The normalized spacial score (nSPS) is 13.4. The summed E-state index contributed by atoms with van der Waals surface area (Å²) >= 11 is 0. The van der Waals surface area contributed by atoms with Crippen molar-refractivity contribution in [2.75, 3.05) is 18.1 Å². The number of para-hydroxylation sites is 1. The van der Waals surface area contributed by atoms with E-state index in [1.807, 2.05) is 30.3 Å². The molecule has 3 rings (SSSR count). The number of ether oxygens (including phenoxy) is 1. The van der Waals surface area contributed by atoms with E-state index in [1.165, 1.54) is 6.07 Å². The summed E-state index contributed by atoms with van der Waals surface area (Å²) in [4.78, 5) is 14.1. The summed E-state index contributed by atoms with van der Waals surface area (Å²) in [6.07, 6.45) is 0.658. The van der Waals surface area contributed by atoms with Crippen LogP contribution in [0.25, 0.3) is 0 Å². The van der Waals surface area contributed by atoms with Crippen molar-refractivity contribution in [1.82, 2.24) is 0 Å². The van der Waals surface area contributed by atoms with E-state index in [2.05, 4.69) is 0 Å². The fraction of sp³-hybridized carbons (Fsp3) is 0.235. The maximum Gasteiger partial charge on any atom is 0.259 e. The number of fused-ring (bicyclic) bond motifs is 1. The minimum Gasteiger partial charge on any atom is -0.490 e. The van der Waals surface area contributed by atoms with Crippen LogP contribution < -0.4 is 15.4 Å². The highest BCUT2D eigenvalue weighted by Crippen LogP contribution is 2.32. The lowest BCUT2D eigenvalue weighted by Crippen LogP contribution is -2.22. The SMILES string of the molecule is NCCCOc1cc2c(cc1F)C(=O)N(c1ccccc1)C2. The van der Waals surface area contributed by atoms with Crippen molar-refractivity contribution in [1.29, 1.82) is 0 Å². The van der Waals surface area contributed by atoms with E-state index in [0.717, 1.165) is 11.3 Å². The number of carbonyl (C=O) groups excluding carboxylic acids is 1. The number of nitrogens with two attached hydrogens (primary N) is 1. The molecular formula is C17H17FN2O2. The second-order valence-electron chi connectivity index (χ2n) is 5.16. The van der Waals surface area contributed by atoms with Crippen LogP contribution in [-0.2, 0) is 6.54 Å². The van der Waals surface area contributed by atoms with Crippen molar-refractivity contribution in [3.63, 3.8) is 0 Å². The fourth-order valence-corrected chi connectivity index (χ4v) is 2.51. The van der Waals surface area contributed by atoms with Gasteiger partial charge in [-0.2, -0.15) is 0 Å². The summed E-state index contributed by atoms with van der Waals surface area (Å²) in [7, 11) is 0. The minimum absolute atomic E-state index is 0.176. The molecule has 4 nitrogen and oxygen atoms in total. The highest BCUT2D eigenvalue weighted by Gasteiger charge is 2.30. The van der Waals surface area contributed by atoms with Crippen LogP contribution in [0.3, 0.4) is 0 Å². The molecule has 1 aliphatic rings. The first-order valence-electron chi connectivity index (χ1n) is 7.23. The Kier molecular flexibility index (Phi) is 4.06. The molecular weight excluding hydrogens is 283 g/mol. The van der Waals surface area contributed by atoms with E-state index < -0.39 is 5.82 Å². The molecule has 0 aliphatic carbocycles. The van der Waals surface area contributed by atoms with Gasteiger partial charge in [0.15, 0.2) is 11.6 Å². The number of hydrogen-bond acceptors (Lipinski definition) is 3. The van der Waals surface area contributed by atoms with E-state index in [-0.39, 0.29) is 11.7 Å². The van der Waals surface area contributed by atoms with Gasteiger partial charge < -0.3 is 15.4 Å². The number of carbonyl (C=O) groups is 1. The Labute approximate surface area is 128 Å². The summed E-state index contributed by atoms with van der Waals surface area (Å²) in [5, 5.41) is 0. The molecule has 1 amide bonds. The lowest BCUT2D eigenvalue weighted by atomic mass is 10.1. The van der Waals surface area contributed by atoms with Gasteiger partial charge in [-0.15, -0.1) is 0 Å². The Bertz CT molecular complexity index is 689. The van der Waals surface area contributed by atoms with Crippen molar-refractivity contribution in [2.24, 2.45) is 5.73 Å². The largest absolute Gasteiger partial charge is 0.490 e. The summed E-state index contributed by atoms with van der Waals surface area (Å²) in [6.45, 7) is 1.28. The summed E-state index contributed by atoms with van der Waals surface area (Å²) in [5.41, 5.74) is 7.37. The van der Waals surface area contributed by atoms with Crippen LogP contribution in [0.1, 0.15) is 22.3 Å². The molecule has 0 aromatic heterocycles. The second kappa shape index (κ2) is 6.15. The Morgan fingerprint density at radius 1 is 1.23 bits per heavy atom. The van der Waals surface area contributed by atoms with E-state index in [1.54, 1.807) is 11.0 Å². The van der Waals surface area contributed by atoms with Gasteiger partial charge in [0.2, 0.25) is 0 Å². The predicted octanol–water partition coefficient (Wildman–Crippen LogP) is 2.71. The molecule has 0 spiro atoms. The fourth-order valence-electron chi connectivity index (χ4n) is 2.51. The zero-order chi connectivity index (χ0) is 15.5. The van der Waals surface area contributed by atoms with Crippen molar-refractivity contribution in [2.45, 2.75) is 13.0 Å². The maximum absolute atomic E-state index is 14.0. The number of hydrogen-bond donors (Lipinski definition) is 1. The smallest absolute Gasteiger partial charge is 0.259 e. The van der Waals surface area contributed by atoms with Gasteiger partial charge in [-0.3, -0.25) is 4.79 Å². The number of nitrogens with zero attached hydrogens (tertiary/aromatic N) is 1. The highest BCUT2D eigenvalue weighted by molar-refractivity contribution is 6.10. The van der Waals surface area contributed by atoms with Crippen LogP contribution in [0.2, 0.25) is 0 Å². The topological polar surface area (TPSA) is 55.6 Å². The minimum atomic E-state index is -0.515. The van der Waals surface area contributed by atoms with Crippen LogP contribution >= 0.6 is 0 Å². The number of amides is 1. The van der Waals surface area contributed by atoms with Crippen LogP contribution in [0, 0.1) is 5.82 Å². The molecule has 114 valence electrons. The zero-order valence-electron chi connectivity index (χ0n) is 12.1. The van der Waals surface area contributed by atoms with E-state index in [4.69, 9.17) is 10.5 Å². The molecule has 1 aliphatic heterocycles. The quantitative estimate of drug-likeness (QED) is 0.864. The summed E-state index contributed by atoms with van der Waals surface area (Å²) < 4.78 is 19.4. The molecule has 0 radical (unpaired) electrons. The van der Waals surface area contributed by atoms with Crippen LogP contribution in [0.15, 0.2) is 42.5 Å². The molecule has 22 heavy (non-hydrogen) atoms. The van der Waals surface area contributed by atoms with Gasteiger partial charge in [0.1, 0.15) is 0 Å². The second-order valence-corrected chi connectivity index (χ2v) is 5.16. The summed E-state index contributed by atoms with van der Waals surface area (Å²) in [5.74, 6) is -0.525. The molecule has 0 atom stereocenters. The zero-order valence-corrected chi connectivity index (χ0v) is 12.1. The number of anilines is 1. The Hall–Kier alpha value is -2.40. The standard InChI is InChI=1S/C17H17FN2O2/c18-15-10-14-12(9-16(15)22-8-4-7-19)11-20(17(14)21)13-5-2-1-3-6-13/h1-3,5-6,9-10H,4,7-8,11,19H2. The third-order valence-electron chi connectivity index (χ3n) is 3.64. The first-order valence-corrected chi connectivity index (χ1v) is 7.23. The third kappa shape index (κ3) is 2.67. The van der Waals surface area contributed by atoms with Gasteiger partial charge in [-0.05, 0) is 42.8 Å². The molecule has 0 saturated carbocycles. The monoisotopic (exact) mass is 300 g/mol. The molecule has 0 unspecified atom stereocenters. The molecule has 0 fully saturated rings. The molecule has 1 heterocycles. The number of rotatable bonds is 5. The van der Waals surface area contributed by atoms with Crippen molar-refractivity contribution >= 4 is 11.6 Å². The Morgan fingerprint density at radius 2 is 2.00 bits per heavy atom. The number of benzene rings is 2. The van der Waals surface area contributed by atoms with Gasteiger partial charge >= 0.3 is 0 Å². The molecule has 2 aromatic rings. The van der Waals surface area contributed by atoms with E-state index in [9.17, 15) is 9.18 Å². The van der Waals surface area contributed by atoms with Crippen molar-refractivity contribution in [3.05, 3.63) is 59.4 Å². The average Bonchev–Trinajstić information content (AvgIpc) is 2.85. The van der Waals surface area contributed by atoms with Crippen LogP contribution in [0.4, 0.5) is 10.1 Å². The molecule has 2 aromatic carbocycles. The van der Waals surface area contributed by atoms with Gasteiger partial charge in [-0.1, -0.05) is 18.2 Å². The van der Waals surface area contributed by atoms with Gasteiger partial charge in [0.25, 0.3) is 5.91 Å². The van der Waals surface area contributed by atoms with Gasteiger partial charge in [0.05, 0.1) is 13.2 Å². The first kappa shape index (κ1) is 14.5. The molecule has 5 heteroatoms. The van der Waals surface area contributed by atoms with E-state index >= 15 is 0 Å². The van der Waals surface area contributed by atoms with Crippen LogP contribution in [-0.4, -0.2) is 19.1 Å². The van der Waals surface area contributed by atoms with E-state index in [0.29, 0.717) is 31.7 Å². The lowest BCUT2D eigenvalue weighted by Gasteiger charge is -2.15. The highest BCUT2D eigenvalue weighted by atomic mass is 19.1. The number of halogens is 1. The van der Waals surface area contributed by atoms with Crippen LogP contribution in [0.5, 0.6) is 5.75 Å². The molecule has 0 bridgehead atoms. The predicted molar refractivity (Wildman–Crippen MR) is 82.5 cm³/mol. The average molecular weight is 300 g/mol. The van der Waals surface area contributed by atoms with Gasteiger partial charge in [0, 0.05) is 11.3 Å². The Morgan fingerprint density at radius 3 is 2.73 bits per heavy atom. The van der Waals surface area contributed by atoms with Crippen molar-refractivity contribution in [3.8, 4) is 5.75 Å². The molecule has 0 saturated heterocycles. The van der Waals surface area contributed by atoms with Gasteiger partial charge in [-0.25, -0.2) is 4.39 Å². The third-order valence-corrected chi connectivity index (χ3v) is 3.64. The lowest BCUT2D eigenvalue weighted by molar-refractivity contribution is 0.0996. The summed E-state index contributed by atoms with van der Waals surface area (Å²) in [6, 6.07) is 12.2. The first-order chi connectivity index (χ1) is 10.7.